The fourth-order valence-corrected chi connectivity index (χ4v) is 3.32. The molecular formula is C19H17ClN2O3. The van der Waals surface area contributed by atoms with E-state index in [9.17, 15) is 4.79 Å². The van der Waals surface area contributed by atoms with Crippen LogP contribution in [0.4, 0.5) is 0 Å². The Morgan fingerprint density at radius 2 is 2.08 bits per heavy atom. The van der Waals surface area contributed by atoms with Gasteiger partial charge in [0.1, 0.15) is 23.8 Å². The number of aromatic nitrogens is 1. The van der Waals surface area contributed by atoms with E-state index in [1.807, 2.05) is 41.0 Å². The minimum absolute atomic E-state index is 0.129. The lowest BCUT2D eigenvalue weighted by atomic mass is 10.2. The molecule has 0 atom stereocenters. The zero-order valence-electron chi connectivity index (χ0n) is 13.7. The van der Waals surface area contributed by atoms with E-state index in [0.29, 0.717) is 30.4 Å². The van der Waals surface area contributed by atoms with Crippen molar-refractivity contribution in [2.24, 2.45) is 0 Å². The highest BCUT2D eigenvalue weighted by atomic mass is 35.5. The molecule has 25 heavy (non-hydrogen) atoms. The molecule has 6 heteroatoms. The van der Waals surface area contributed by atoms with E-state index in [1.165, 1.54) is 0 Å². The van der Waals surface area contributed by atoms with Gasteiger partial charge in [-0.1, -0.05) is 23.7 Å². The molecule has 1 aliphatic rings. The van der Waals surface area contributed by atoms with Crippen LogP contribution in [0.15, 0.2) is 42.5 Å². The molecule has 0 aliphatic carbocycles. The van der Waals surface area contributed by atoms with Crippen LogP contribution in [0.5, 0.6) is 11.5 Å². The minimum atomic E-state index is -0.129. The Hall–Kier alpha value is -2.66. The fraction of sp³-hybridized carbons (Fsp3) is 0.211. The third kappa shape index (κ3) is 2.81. The Balaban J connectivity index is 1.60. The number of carbonyl (C=O) groups excluding carboxylic acids is 1. The van der Waals surface area contributed by atoms with Gasteiger partial charge in [0.15, 0.2) is 0 Å². The van der Waals surface area contributed by atoms with Crippen molar-refractivity contribution in [3.63, 3.8) is 0 Å². The molecule has 0 unspecified atom stereocenters. The molecule has 0 fully saturated rings. The van der Waals surface area contributed by atoms with Gasteiger partial charge in [0, 0.05) is 11.9 Å². The first-order valence-electron chi connectivity index (χ1n) is 8.03. The minimum Gasteiger partial charge on any atom is -0.497 e. The molecule has 2 aromatic carbocycles. The molecule has 1 N–H and O–H groups in total. The van der Waals surface area contributed by atoms with E-state index >= 15 is 0 Å². The van der Waals surface area contributed by atoms with Crippen LogP contribution in [0.3, 0.4) is 0 Å². The zero-order chi connectivity index (χ0) is 17.4. The van der Waals surface area contributed by atoms with Crippen LogP contribution in [0.25, 0.3) is 10.9 Å². The SMILES string of the molecule is COc1ccc(CNC(=O)c2cc3c(Cl)ccc4c3n2CCO4)cc1. The molecule has 4 rings (SSSR count). The van der Waals surface area contributed by atoms with Gasteiger partial charge < -0.3 is 19.4 Å². The summed E-state index contributed by atoms with van der Waals surface area (Å²) in [5, 5.41) is 4.43. The molecule has 5 nitrogen and oxygen atoms in total. The predicted molar refractivity (Wildman–Crippen MR) is 96.6 cm³/mol. The molecule has 1 aromatic heterocycles. The van der Waals surface area contributed by atoms with Gasteiger partial charge in [0.05, 0.1) is 24.2 Å². The van der Waals surface area contributed by atoms with E-state index in [2.05, 4.69) is 5.32 Å². The number of hydrogen-bond donors (Lipinski definition) is 1. The van der Waals surface area contributed by atoms with Crippen molar-refractivity contribution in [1.82, 2.24) is 9.88 Å². The van der Waals surface area contributed by atoms with Gasteiger partial charge in [0.2, 0.25) is 0 Å². The van der Waals surface area contributed by atoms with Gasteiger partial charge in [-0.15, -0.1) is 0 Å². The molecule has 3 aromatic rings. The molecular weight excluding hydrogens is 340 g/mol. The zero-order valence-corrected chi connectivity index (χ0v) is 14.5. The maximum absolute atomic E-state index is 12.7. The summed E-state index contributed by atoms with van der Waals surface area (Å²) in [5.74, 6) is 1.43. The Morgan fingerprint density at radius 3 is 2.84 bits per heavy atom. The summed E-state index contributed by atoms with van der Waals surface area (Å²) in [6.07, 6.45) is 0. The van der Waals surface area contributed by atoms with Crippen LogP contribution >= 0.6 is 11.6 Å². The van der Waals surface area contributed by atoms with Crippen LogP contribution in [-0.2, 0) is 13.1 Å². The second-order valence-electron chi connectivity index (χ2n) is 5.87. The highest BCUT2D eigenvalue weighted by Gasteiger charge is 2.22. The number of carbonyl (C=O) groups is 1. The quantitative estimate of drug-likeness (QED) is 0.776. The molecule has 1 amide bonds. The van der Waals surface area contributed by atoms with Gasteiger partial charge in [-0.25, -0.2) is 0 Å². The Morgan fingerprint density at radius 1 is 1.28 bits per heavy atom. The highest BCUT2D eigenvalue weighted by Crippen LogP contribution is 2.36. The van der Waals surface area contributed by atoms with E-state index in [1.54, 1.807) is 13.2 Å². The number of nitrogens with one attached hydrogen (secondary N) is 1. The number of rotatable bonds is 4. The molecule has 0 saturated heterocycles. The average molecular weight is 357 g/mol. The average Bonchev–Trinajstić information content (AvgIpc) is 3.05. The third-order valence-electron chi connectivity index (χ3n) is 4.39. The first-order chi connectivity index (χ1) is 12.2. The highest BCUT2D eigenvalue weighted by molar-refractivity contribution is 6.36. The van der Waals surface area contributed by atoms with Crippen molar-refractivity contribution in [1.29, 1.82) is 0 Å². The normalized spacial score (nSPS) is 12.7. The largest absolute Gasteiger partial charge is 0.497 e. The number of benzene rings is 2. The first-order valence-corrected chi connectivity index (χ1v) is 8.41. The molecule has 1 aliphatic heterocycles. The summed E-state index contributed by atoms with van der Waals surface area (Å²) in [6.45, 7) is 1.61. The summed E-state index contributed by atoms with van der Waals surface area (Å²) >= 11 is 6.29. The second-order valence-corrected chi connectivity index (χ2v) is 6.28. The van der Waals surface area contributed by atoms with E-state index in [0.717, 1.165) is 28.0 Å². The molecule has 0 radical (unpaired) electrons. The van der Waals surface area contributed by atoms with Gasteiger partial charge in [-0.3, -0.25) is 4.79 Å². The first kappa shape index (κ1) is 15.8. The van der Waals surface area contributed by atoms with Crippen LogP contribution in [0.2, 0.25) is 5.02 Å². The number of methoxy groups -OCH3 is 1. The second kappa shape index (κ2) is 6.33. The predicted octanol–water partition coefficient (Wildman–Crippen LogP) is 3.63. The maximum atomic E-state index is 12.7. The Bertz CT molecular complexity index is 947. The fourth-order valence-electron chi connectivity index (χ4n) is 3.11. The third-order valence-corrected chi connectivity index (χ3v) is 4.72. The van der Waals surface area contributed by atoms with Crippen molar-refractivity contribution in [3.8, 4) is 11.5 Å². The van der Waals surface area contributed by atoms with Crippen molar-refractivity contribution in [2.75, 3.05) is 13.7 Å². The van der Waals surface area contributed by atoms with E-state index in [-0.39, 0.29) is 5.91 Å². The Kier molecular flexibility index (Phi) is 4.01. The Labute approximate surface area is 150 Å². The summed E-state index contributed by atoms with van der Waals surface area (Å²) in [7, 11) is 1.63. The molecule has 0 bridgehead atoms. The van der Waals surface area contributed by atoms with Crippen LogP contribution < -0.4 is 14.8 Å². The van der Waals surface area contributed by atoms with Crippen molar-refractivity contribution in [3.05, 3.63) is 58.7 Å². The van der Waals surface area contributed by atoms with Crippen LogP contribution in [-0.4, -0.2) is 24.2 Å². The van der Waals surface area contributed by atoms with Gasteiger partial charge in [-0.2, -0.15) is 0 Å². The van der Waals surface area contributed by atoms with Gasteiger partial charge >= 0.3 is 0 Å². The summed E-state index contributed by atoms with van der Waals surface area (Å²) in [4.78, 5) is 12.7. The molecule has 0 saturated carbocycles. The van der Waals surface area contributed by atoms with E-state index in [4.69, 9.17) is 21.1 Å². The maximum Gasteiger partial charge on any atom is 0.268 e. The summed E-state index contributed by atoms with van der Waals surface area (Å²) in [6, 6.07) is 13.1. The van der Waals surface area contributed by atoms with E-state index < -0.39 is 0 Å². The van der Waals surface area contributed by atoms with Gasteiger partial charge in [-0.05, 0) is 35.9 Å². The molecule has 0 spiro atoms. The summed E-state index contributed by atoms with van der Waals surface area (Å²) < 4.78 is 12.8. The van der Waals surface area contributed by atoms with Crippen molar-refractivity contribution in [2.45, 2.75) is 13.1 Å². The van der Waals surface area contributed by atoms with Crippen LogP contribution in [0, 0.1) is 0 Å². The smallest absolute Gasteiger partial charge is 0.268 e. The number of halogens is 1. The number of amides is 1. The summed E-state index contributed by atoms with van der Waals surface area (Å²) in [5.41, 5.74) is 2.49. The van der Waals surface area contributed by atoms with Crippen molar-refractivity contribution >= 4 is 28.4 Å². The van der Waals surface area contributed by atoms with Crippen LogP contribution in [0.1, 0.15) is 16.1 Å². The lowest BCUT2D eigenvalue weighted by Gasteiger charge is -2.19. The number of nitrogens with zero attached hydrogens (tertiary/aromatic N) is 1. The monoisotopic (exact) mass is 356 g/mol. The number of ether oxygens (including phenoxy) is 2. The molecule has 2 heterocycles. The number of hydrogen-bond acceptors (Lipinski definition) is 3. The standard InChI is InChI=1S/C19H17ClN2O3/c1-24-13-4-2-12(3-5-13)11-21-19(23)16-10-14-15(20)6-7-17-18(14)22(16)8-9-25-17/h2-7,10H,8-9,11H2,1H3,(H,21,23). The topological polar surface area (TPSA) is 52.5 Å². The van der Waals surface area contributed by atoms with Gasteiger partial charge in [0.25, 0.3) is 5.91 Å². The van der Waals surface area contributed by atoms with Crippen molar-refractivity contribution < 1.29 is 14.3 Å². The lowest BCUT2D eigenvalue weighted by molar-refractivity contribution is 0.0940. The molecule has 128 valence electrons. The lowest BCUT2D eigenvalue weighted by Crippen LogP contribution is -2.27.